The molecule has 1 aromatic heterocycles. The van der Waals surface area contributed by atoms with Crippen LogP contribution in [0, 0.1) is 5.92 Å². The van der Waals surface area contributed by atoms with Crippen molar-refractivity contribution in [1.29, 1.82) is 0 Å². The van der Waals surface area contributed by atoms with Crippen LogP contribution >= 0.6 is 11.3 Å². The summed E-state index contributed by atoms with van der Waals surface area (Å²) in [5, 5.41) is 24.8. The molecular formula is C17H20N4O3S. The van der Waals surface area contributed by atoms with Gasteiger partial charge in [0.15, 0.2) is 5.13 Å². The number of hydrogen-bond donors (Lipinski definition) is 3. The average molecular weight is 360 g/mol. The Hall–Kier alpha value is -2.45. The minimum atomic E-state index is 0.0145. The first-order chi connectivity index (χ1) is 12.1. The van der Waals surface area contributed by atoms with Crippen LogP contribution in [-0.2, 0) is 4.79 Å². The number of thiazole rings is 1. The van der Waals surface area contributed by atoms with Crippen molar-refractivity contribution >= 4 is 28.6 Å². The second kappa shape index (κ2) is 7.62. The van der Waals surface area contributed by atoms with E-state index < -0.39 is 0 Å². The highest BCUT2D eigenvalue weighted by atomic mass is 32.1. The van der Waals surface area contributed by atoms with Gasteiger partial charge in [0.2, 0.25) is 5.91 Å². The molecule has 7 nitrogen and oxygen atoms in total. The number of oxime groups is 1. The summed E-state index contributed by atoms with van der Waals surface area (Å²) in [6, 6.07) is 5.03. The fourth-order valence-electron chi connectivity index (χ4n) is 2.81. The summed E-state index contributed by atoms with van der Waals surface area (Å²) in [5.74, 6) is 0.0663. The van der Waals surface area contributed by atoms with Crippen LogP contribution in [0.15, 0.2) is 29.6 Å². The number of carbonyl (C=O) groups is 1. The Balaban J connectivity index is 1.68. The van der Waals surface area contributed by atoms with Gasteiger partial charge >= 0.3 is 0 Å². The van der Waals surface area contributed by atoms with Gasteiger partial charge in [0.1, 0.15) is 5.75 Å². The number of piperidine rings is 1. The largest absolute Gasteiger partial charge is 0.507 e. The molecular weight excluding hydrogens is 340 g/mol. The Labute approximate surface area is 149 Å². The van der Waals surface area contributed by atoms with Gasteiger partial charge in [-0.05, 0) is 50.7 Å². The van der Waals surface area contributed by atoms with E-state index in [0.717, 1.165) is 36.4 Å². The van der Waals surface area contributed by atoms with Gasteiger partial charge in [-0.1, -0.05) is 22.6 Å². The number of amides is 1. The fraction of sp³-hybridized carbons (Fsp3) is 0.353. The first-order valence-corrected chi connectivity index (χ1v) is 8.84. The number of benzene rings is 1. The molecule has 0 radical (unpaired) electrons. The lowest BCUT2D eigenvalue weighted by atomic mass is 9.96. The maximum atomic E-state index is 12.3. The van der Waals surface area contributed by atoms with Crippen molar-refractivity contribution in [1.82, 2.24) is 9.88 Å². The Bertz CT molecular complexity index is 782. The third-order valence-corrected chi connectivity index (χ3v) is 5.30. The number of hydrogen-bond acceptors (Lipinski definition) is 7. The van der Waals surface area contributed by atoms with Gasteiger partial charge < -0.3 is 20.5 Å². The maximum absolute atomic E-state index is 12.3. The minimum Gasteiger partial charge on any atom is -0.507 e. The van der Waals surface area contributed by atoms with Crippen LogP contribution in [0.1, 0.15) is 18.4 Å². The van der Waals surface area contributed by atoms with Crippen molar-refractivity contribution in [3.63, 3.8) is 0 Å². The minimum absolute atomic E-state index is 0.0145. The van der Waals surface area contributed by atoms with E-state index >= 15 is 0 Å². The predicted octanol–water partition coefficient (Wildman–Crippen LogP) is 2.60. The average Bonchev–Trinajstić information content (AvgIpc) is 3.06. The number of aromatic hydroxyl groups is 1. The van der Waals surface area contributed by atoms with Crippen LogP contribution in [0.25, 0.3) is 10.4 Å². The van der Waals surface area contributed by atoms with Crippen molar-refractivity contribution in [2.75, 3.05) is 25.5 Å². The molecule has 2 aromatic rings. The van der Waals surface area contributed by atoms with Crippen molar-refractivity contribution in [2.24, 2.45) is 11.1 Å². The standard InChI is InChI=1S/C17H20N4O3S/c1-21-6-4-11(5-7-21)16(23)20-17-18-10-15(25-17)12-2-3-13(9-19-24)14(22)8-12/h2-3,8-11,22,24H,4-7H2,1H3,(H,18,20,23)/b19-9+. The third kappa shape index (κ3) is 4.15. The Morgan fingerprint density at radius 3 is 2.88 bits per heavy atom. The van der Waals surface area contributed by atoms with E-state index in [4.69, 9.17) is 5.21 Å². The second-order valence-corrected chi connectivity index (χ2v) is 7.15. The van der Waals surface area contributed by atoms with Crippen LogP contribution in [0.5, 0.6) is 5.75 Å². The summed E-state index contributed by atoms with van der Waals surface area (Å²) < 4.78 is 0. The van der Waals surface area contributed by atoms with Crippen molar-refractivity contribution in [3.8, 4) is 16.2 Å². The van der Waals surface area contributed by atoms with Crippen molar-refractivity contribution in [3.05, 3.63) is 30.0 Å². The lowest BCUT2D eigenvalue weighted by molar-refractivity contribution is -0.121. The smallest absolute Gasteiger partial charge is 0.229 e. The van der Waals surface area contributed by atoms with Gasteiger partial charge in [-0.15, -0.1) is 0 Å². The number of phenolic OH excluding ortho intramolecular Hbond substituents is 1. The number of anilines is 1. The summed E-state index contributed by atoms with van der Waals surface area (Å²) in [5.41, 5.74) is 1.21. The molecule has 0 spiro atoms. The lowest BCUT2D eigenvalue weighted by Gasteiger charge is -2.27. The number of nitrogens with zero attached hydrogens (tertiary/aromatic N) is 3. The van der Waals surface area contributed by atoms with Gasteiger partial charge in [-0.2, -0.15) is 0 Å². The van der Waals surface area contributed by atoms with Crippen LogP contribution in [0.3, 0.4) is 0 Å². The summed E-state index contributed by atoms with van der Waals surface area (Å²) in [4.78, 5) is 19.7. The number of rotatable bonds is 4. The molecule has 0 atom stereocenters. The third-order valence-electron chi connectivity index (χ3n) is 4.34. The molecule has 3 N–H and O–H groups in total. The zero-order valence-corrected chi connectivity index (χ0v) is 14.7. The van der Waals surface area contributed by atoms with E-state index in [9.17, 15) is 9.90 Å². The predicted molar refractivity (Wildman–Crippen MR) is 97.4 cm³/mol. The van der Waals surface area contributed by atoms with Crippen molar-refractivity contribution < 1.29 is 15.1 Å². The summed E-state index contributed by atoms with van der Waals surface area (Å²) in [6.07, 6.45) is 4.56. The Morgan fingerprint density at radius 2 is 2.20 bits per heavy atom. The maximum Gasteiger partial charge on any atom is 0.229 e. The molecule has 2 heterocycles. The zero-order chi connectivity index (χ0) is 17.8. The van der Waals surface area contributed by atoms with Gasteiger partial charge in [0.25, 0.3) is 0 Å². The normalized spacial score (nSPS) is 16.4. The van der Waals surface area contributed by atoms with E-state index in [1.807, 2.05) is 0 Å². The molecule has 0 unspecified atom stereocenters. The SMILES string of the molecule is CN1CCC(C(=O)Nc2ncc(-c3ccc(/C=N/O)c(O)c3)s2)CC1. The molecule has 1 fully saturated rings. The topological polar surface area (TPSA) is 98.1 Å². The van der Waals surface area contributed by atoms with Crippen LogP contribution in [-0.4, -0.2) is 52.5 Å². The number of nitrogens with one attached hydrogen (secondary N) is 1. The summed E-state index contributed by atoms with van der Waals surface area (Å²) in [7, 11) is 2.06. The molecule has 1 saturated heterocycles. The number of likely N-dealkylation sites (tertiary alicyclic amines) is 1. The number of carbonyl (C=O) groups excluding carboxylic acids is 1. The lowest BCUT2D eigenvalue weighted by Crippen LogP contribution is -2.35. The van der Waals surface area contributed by atoms with E-state index in [-0.39, 0.29) is 17.6 Å². The number of phenols is 1. The Kier molecular flexibility index (Phi) is 5.30. The van der Waals surface area contributed by atoms with Gasteiger partial charge in [-0.25, -0.2) is 4.98 Å². The molecule has 3 rings (SSSR count). The van der Waals surface area contributed by atoms with E-state index in [1.165, 1.54) is 17.6 Å². The highest BCUT2D eigenvalue weighted by Crippen LogP contribution is 2.32. The highest BCUT2D eigenvalue weighted by molar-refractivity contribution is 7.19. The molecule has 0 bridgehead atoms. The van der Waals surface area contributed by atoms with Crippen LogP contribution in [0.4, 0.5) is 5.13 Å². The molecule has 1 aliphatic heterocycles. The molecule has 1 aromatic carbocycles. The monoisotopic (exact) mass is 360 g/mol. The molecule has 8 heteroatoms. The first-order valence-electron chi connectivity index (χ1n) is 8.03. The Morgan fingerprint density at radius 1 is 1.44 bits per heavy atom. The molecule has 0 saturated carbocycles. The zero-order valence-electron chi connectivity index (χ0n) is 13.8. The first kappa shape index (κ1) is 17.4. The van der Waals surface area contributed by atoms with E-state index in [2.05, 4.69) is 27.4 Å². The molecule has 1 aliphatic rings. The molecule has 0 aliphatic carbocycles. The van der Waals surface area contributed by atoms with Crippen molar-refractivity contribution in [2.45, 2.75) is 12.8 Å². The van der Waals surface area contributed by atoms with E-state index in [0.29, 0.717) is 10.7 Å². The molecule has 25 heavy (non-hydrogen) atoms. The van der Waals surface area contributed by atoms with Gasteiger partial charge in [-0.3, -0.25) is 4.79 Å². The van der Waals surface area contributed by atoms with Crippen LogP contribution in [0.2, 0.25) is 0 Å². The highest BCUT2D eigenvalue weighted by Gasteiger charge is 2.24. The molecule has 132 valence electrons. The number of aromatic nitrogens is 1. The fourth-order valence-corrected chi connectivity index (χ4v) is 3.63. The quantitative estimate of drug-likeness (QED) is 0.442. The summed E-state index contributed by atoms with van der Waals surface area (Å²) >= 11 is 1.36. The second-order valence-electron chi connectivity index (χ2n) is 6.11. The van der Waals surface area contributed by atoms with E-state index in [1.54, 1.807) is 24.4 Å². The van der Waals surface area contributed by atoms with Crippen LogP contribution < -0.4 is 5.32 Å². The summed E-state index contributed by atoms with van der Waals surface area (Å²) in [6.45, 7) is 1.87. The van der Waals surface area contributed by atoms with Gasteiger partial charge in [0.05, 0.1) is 11.1 Å². The van der Waals surface area contributed by atoms with Gasteiger partial charge in [0, 0.05) is 17.7 Å². The molecule has 1 amide bonds.